The Morgan fingerprint density at radius 3 is 2.52 bits per heavy atom. The van der Waals surface area contributed by atoms with Gasteiger partial charge < -0.3 is 10.1 Å². The van der Waals surface area contributed by atoms with Crippen molar-refractivity contribution in [1.82, 2.24) is 4.72 Å². The second-order valence-corrected chi connectivity index (χ2v) is 6.97. The maximum absolute atomic E-state index is 13.1. The van der Waals surface area contributed by atoms with E-state index in [1.54, 1.807) is 0 Å². The predicted octanol–water partition coefficient (Wildman–Crippen LogP) is 2.54. The molecule has 0 spiro atoms. The highest BCUT2D eigenvalue weighted by Crippen LogP contribution is 2.26. The van der Waals surface area contributed by atoms with Crippen LogP contribution in [0.2, 0.25) is 5.02 Å². The molecule has 10 heteroatoms. The highest BCUT2D eigenvalue weighted by Gasteiger charge is 2.21. The van der Waals surface area contributed by atoms with Crippen LogP contribution in [0.1, 0.15) is 0 Å². The molecule has 0 heterocycles. The number of carbonyl (C=O) groups is 1. The Hall–Kier alpha value is -2.23. The molecule has 2 aromatic carbocycles. The first kappa shape index (κ1) is 19.1. The zero-order valence-corrected chi connectivity index (χ0v) is 14.4. The van der Waals surface area contributed by atoms with E-state index in [0.717, 1.165) is 18.2 Å². The summed E-state index contributed by atoms with van der Waals surface area (Å²) in [5.41, 5.74) is -0.0107. The minimum Gasteiger partial charge on any atom is -0.495 e. The summed E-state index contributed by atoms with van der Waals surface area (Å²) in [4.78, 5) is 11.6. The Balaban J connectivity index is 2.07. The molecule has 2 N–H and O–H groups in total. The molecule has 0 aliphatic carbocycles. The fourth-order valence-electron chi connectivity index (χ4n) is 1.88. The van der Waals surface area contributed by atoms with Crippen molar-refractivity contribution in [2.45, 2.75) is 4.90 Å². The van der Waals surface area contributed by atoms with Gasteiger partial charge in [0.1, 0.15) is 10.6 Å². The van der Waals surface area contributed by atoms with Crippen LogP contribution in [0.25, 0.3) is 0 Å². The number of hydrogen-bond donors (Lipinski definition) is 2. The van der Waals surface area contributed by atoms with Gasteiger partial charge in [0.05, 0.1) is 13.7 Å². The molecule has 0 aromatic heterocycles. The molecule has 2 aromatic rings. The first-order chi connectivity index (χ1) is 11.7. The van der Waals surface area contributed by atoms with E-state index in [9.17, 15) is 22.0 Å². The van der Waals surface area contributed by atoms with Crippen molar-refractivity contribution >= 4 is 33.2 Å². The Morgan fingerprint density at radius 2 is 1.88 bits per heavy atom. The van der Waals surface area contributed by atoms with Gasteiger partial charge in [0.25, 0.3) is 0 Å². The van der Waals surface area contributed by atoms with Gasteiger partial charge in [-0.25, -0.2) is 21.9 Å². The normalized spacial score (nSPS) is 11.2. The summed E-state index contributed by atoms with van der Waals surface area (Å²) >= 11 is 5.78. The number of ether oxygens (including phenoxy) is 1. The molecule has 0 saturated carbocycles. The lowest BCUT2D eigenvalue weighted by Crippen LogP contribution is -2.33. The average Bonchev–Trinajstić information content (AvgIpc) is 2.56. The van der Waals surface area contributed by atoms with Gasteiger partial charge in [0.2, 0.25) is 15.9 Å². The SMILES string of the molecule is COc1ccc(Cl)cc1S(=O)(=O)NCC(=O)Nc1ccc(F)c(F)c1. The van der Waals surface area contributed by atoms with Crippen molar-refractivity contribution in [2.24, 2.45) is 0 Å². The minimum atomic E-state index is -4.08. The molecule has 1 amide bonds. The Labute approximate surface area is 147 Å². The second-order valence-electron chi connectivity index (χ2n) is 4.80. The molecule has 0 fully saturated rings. The number of halogens is 3. The van der Waals surface area contributed by atoms with Crippen LogP contribution in [-0.2, 0) is 14.8 Å². The van der Waals surface area contributed by atoms with Crippen molar-refractivity contribution in [2.75, 3.05) is 19.0 Å². The number of methoxy groups -OCH3 is 1. The van der Waals surface area contributed by atoms with E-state index in [4.69, 9.17) is 16.3 Å². The Bertz CT molecular complexity index is 906. The number of amides is 1. The lowest BCUT2D eigenvalue weighted by molar-refractivity contribution is -0.115. The topological polar surface area (TPSA) is 84.5 Å². The van der Waals surface area contributed by atoms with Crippen LogP contribution in [0.4, 0.5) is 14.5 Å². The molecule has 0 atom stereocenters. The molecule has 0 aliphatic rings. The summed E-state index contributed by atoms with van der Waals surface area (Å²) in [7, 11) is -2.79. The molecular formula is C15H13ClF2N2O4S. The fourth-order valence-corrected chi connectivity index (χ4v) is 3.29. The van der Waals surface area contributed by atoms with Crippen molar-refractivity contribution in [3.63, 3.8) is 0 Å². The van der Waals surface area contributed by atoms with E-state index in [0.29, 0.717) is 0 Å². The van der Waals surface area contributed by atoms with E-state index in [1.807, 2.05) is 0 Å². The summed E-state index contributed by atoms with van der Waals surface area (Å²) in [5, 5.41) is 2.42. The molecular weight excluding hydrogens is 378 g/mol. The third-order valence-electron chi connectivity index (χ3n) is 3.04. The average molecular weight is 391 g/mol. The van der Waals surface area contributed by atoms with E-state index < -0.39 is 34.1 Å². The van der Waals surface area contributed by atoms with E-state index in [2.05, 4.69) is 10.0 Å². The summed E-state index contributed by atoms with van der Waals surface area (Å²) in [5.74, 6) is -2.91. The molecule has 0 saturated heterocycles. The molecule has 6 nitrogen and oxygen atoms in total. The van der Waals surface area contributed by atoms with E-state index in [1.165, 1.54) is 25.3 Å². The van der Waals surface area contributed by atoms with Gasteiger partial charge >= 0.3 is 0 Å². The predicted molar refractivity (Wildman–Crippen MR) is 88.2 cm³/mol. The van der Waals surface area contributed by atoms with Gasteiger partial charge in [0, 0.05) is 16.8 Å². The third-order valence-corrected chi connectivity index (χ3v) is 4.70. The highest BCUT2D eigenvalue weighted by atomic mass is 35.5. The van der Waals surface area contributed by atoms with Crippen molar-refractivity contribution in [3.05, 3.63) is 53.1 Å². The number of carbonyl (C=O) groups excluding carboxylic acids is 1. The number of hydrogen-bond acceptors (Lipinski definition) is 4. The summed E-state index contributed by atoms with van der Waals surface area (Å²) in [6.07, 6.45) is 0. The third kappa shape index (κ3) is 4.88. The standard InChI is InChI=1S/C15H13ClF2N2O4S/c1-24-13-5-2-9(16)6-14(13)25(22,23)19-8-15(21)20-10-3-4-11(17)12(18)7-10/h2-7,19H,8H2,1H3,(H,20,21). The van der Waals surface area contributed by atoms with Gasteiger partial charge in [-0.1, -0.05) is 11.6 Å². The van der Waals surface area contributed by atoms with Crippen LogP contribution in [0.3, 0.4) is 0 Å². The molecule has 0 bridgehead atoms. The molecule has 25 heavy (non-hydrogen) atoms. The zero-order chi connectivity index (χ0) is 18.6. The van der Waals surface area contributed by atoms with Crippen LogP contribution in [0.5, 0.6) is 5.75 Å². The first-order valence-corrected chi connectivity index (χ1v) is 8.67. The highest BCUT2D eigenvalue weighted by molar-refractivity contribution is 7.89. The van der Waals surface area contributed by atoms with Crippen LogP contribution in [-0.4, -0.2) is 28.0 Å². The summed E-state index contributed by atoms with van der Waals surface area (Å²) in [6, 6.07) is 6.77. The maximum atomic E-state index is 13.1. The smallest absolute Gasteiger partial charge is 0.244 e. The quantitative estimate of drug-likeness (QED) is 0.793. The molecule has 2 rings (SSSR count). The van der Waals surface area contributed by atoms with Crippen molar-refractivity contribution < 1.29 is 26.7 Å². The molecule has 0 radical (unpaired) electrons. The van der Waals surface area contributed by atoms with Gasteiger partial charge in [-0.05, 0) is 30.3 Å². The lowest BCUT2D eigenvalue weighted by atomic mass is 10.3. The van der Waals surface area contributed by atoms with Gasteiger partial charge in [-0.2, -0.15) is 0 Å². The zero-order valence-electron chi connectivity index (χ0n) is 12.8. The monoisotopic (exact) mass is 390 g/mol. The largest absolute Gasteiger partial charge is 0.495 e. The molecule has 0 aliphatic heterocycles. The second kappa shape index (κ2) is 7.77. The van der Waals surface area contributed by atoms with Gasteiger partial charge in [-0.3, -0.25) is 4.79 Å². The maximum Gasteiger partial charge on any atom is 0.244 e. The van der Waals surface area contributed by atoms with Crippen LogP contribution in [0, 0.1) is 11.6 Å². The molecule has 0 unspecified atom stereocenters. The van der Waals surface area contributed by atoms with E-state index in [-0.39, 0.29) is 21.4 Å². The van der Waals surface area contributed by atoms with Crippen molar-refractivity contribution in [1.29, 1.82) is 0 Å². The van der Waals surface area contributed by atoms with E-state index >= 15 is 0 Å². The number of sulfonamides is 1. The number of anilines is 1. The van der Waals surface area contributed by atoms with Crippen LogP contribution in [0.15, 0.2) is 41.3 Å². The summed E-state index contributed by atoms with van der Waals surface area (Å²) in [6.45, 7) is -0.628. The summed E-state index contributed by atoms with van der Waals surface area (Å²) < 4.78 is 57.5. The Kier molecular flexibility index (Phi) is 5.93. The van der Waals surface area contributed by atoms with Crippen LogP contribution < -0.4 is 14.8 Å². The lowest BCUT2D eigenvalue weighted by Gasteiger charge is -2.11. The van der Waals surface area contributed by atoms with Crippen molar-refractivity contribution in [3.8, 4) is 5.75 Å². The fraction of sp³-hybridized carbons (Fsp3) is 0.133. The van der Waals surface area contributed by atoms with Gasteiger partial charge in [0.15, 0.2) is 11.6 Å². The molecule has 134 valence electrons. The number of benzene rings is 2. The minimum absolute atomic E-state index is 0.0107. The first-order valence-electron chi connectivity index (χ1n) is 6.81. The number of rotatable bonds is 6. The Morgan fingerprint density at radius 1 is 1.16 bits per heavy atom. The van der Waals surface area contributed by atoms with Gasteiger partial charge in [-0.15, -0.1) is 0 Å². The number of nitrogens with one attached hydrogen (secondary N) is 2. The van der Waals surface area contributed by atoms with Crippen LogP contribution >= 0.6 is 11.6 Å².